The van der Waals surface area contributed by atoms with Crippen molar-refractivity contribution in [3.63, 3.8) is 0 Å². The van der Waals surface area contributed by atoms with Crippen molar-refractivity contribution in [3.8, 4) is 0 Å². The highest BCUT2D eigenvalue weighted by Crippen LogP contribution is 2.20. The maximum Gasteiger partial charge on any atom is 0.257 e. The van der Waals surface area contributed by atoms with Gasteiger partial charge in [0.25, 0.3) is 5.91 Å². The van der Waals surface area contributed by atoms with Gasteiger partial charge in [0, 0.05) is 12.6 Å². The molecule has 1 atom stereocenters. The number of hydrogen-bond acceptors (Lipinski definition) is 1. The molecule has 1 heterocycles. The predicted octanol–water partition coefficient (Wildman–Crippen LogP) is 2.84. The summed E-state index contributed by atoms with van der Waals surface area (Å²) >= 11 is 0. The van der Waals surface area contributed by atoms with Crippen LogP contribution in [0, 0.1) is 5.82 Å². The van der Waals surface area contributed by atoms with Crippen molar-refractivity contribution < 1.29 is 9.18 Å². The van der Waals surface area contributed by atoms with E-state index in [0.29, 0.717) is 0 Å². The molecule has 0 N–H and O–H groups in total. The van der Waals surface area contributed by atoms with E-state index in [2.05, 4.69) is 0 Å². The molecule has 0 bridgehead atoms. The molecule has 1 aliphatic heterocycles. The lowest BCUT2D eigenvalue weighted by Crippen LogP contribution is -2.42. The zero-order valence-electron chi connectivity index (χ0n) is 9.45. The van der Waals surface area contributed by atoms with Gasteiger partial charge in [-0.15, -0.1) is 0 Å². The Kier molecular flexibility index (Phi) is 3.22. The zero-order chi connectivity index (χ0) is 11.5. The van der Waals surface area contributed by atoms with Crippen LogP contribution >= 0.6 is 0 Å². The minimum absolute atomic E-state index is 0.176. The Morgan fingerprint density at radius 2 is 2.12 bits per heavy atom. The second-order valence-electron chi connectivity index (χ2n) is 4.32. The average molecular weight is 221 g/mol. The smallest absolute Gasteiger partial charge is 0.257 e. The maximum atomic E-state index is 13.5. The van der Waals surface area contributed by atoms with E-state index < -0.39 is 5.82 Å². The van der Waals surface area contributed by atoms with Crippen LogP contribution in [0.4, 0.5) is 4.39 Å². The summed E-state index contributed by atoms with van der Waals surface area (Å²) in [6, 6.07) is 6.41. The van der Waals surface area contributed by atoms with Crippen LogP contribution in [0.25, 0.3) is 0 Å². The lowest BCUT2D eigenvalue weighted by atomic mass is 10.0. The van der Waals surface area contributed by atoms with Crippen LogP contribution in [0.5, 0.6) is 0 Å². The van der Waals surface area contributed by atoms with Crippen LogP contribution in [-0.2, 0) is 0 Å². The minimum Gasteiger partial charge on any atom is -0.336 e. The summed E-state index contributed by atoms with van der Waals surface area (Å²) in [5.74, 6) is -0.601. The summed E-state index contributed by atoms with van der Waals surface area (Å²) in [5.41, 5.74) is 0.191. The van der Waals surface area contributed by atoms with Gasteiger partial charge in [-0.25, -0.2) is 4.39 Å². The molecule has 86 valence electrons. The Morgan fingerprint density at radius 3 is 2.81 bits per heavy atom. The van der Waals surface area contributed by atoms with Gasteiger partial charge in [0.15, 0.2) is 0 Å². The van der Waals surface area contributed by atoms with Crippen LogP contribution < -0.4 is 0 Å². The number of benzene rings is 1. The van der Waals surface area contributed by atoms with Gasteiger partial charge >= 0.3 is 0 Å². The highest BCUT2D eigenvalue weighted by atomic mass is 19.1. The Bertz CT molecular complexity index is 391. The van der Waals surface area contributed by atoms with E-state index >= 15 is 0 Å². The monoisotopic (exact) mass is 221 g/mol. The number of carbonyl (C=O) groups excluding carboxylic acids is 1. The van der Waals surface area contributed by atoms with Crippen molar-refractivity contribution in [2.45, 2.75) is 32.2 Å². The molecule has 1 amide bonds. The third-order valence-electron chi connectivity index (χ3n) is 3.17. The Labute approximate surface area is 95.1 Å². The summed E-state index contributed by atoms with van der Waals surface area (Å²) in [5, 5.41) is 0. The number of likely N-dealkylation sites (tertiary alicyclic amines) is 1. The summed E-state index contributed by atoms with van der Waals surface area (Å²) in [6.45, 7) is 2.77. The van der Waals surface area contributed by atoms with Crippen LogP contribution in [0.3, 0.4) is 0 Å². The summed E-state index contributed by atoms with van der Waals surface area (Å²) in [6.07, 6.45) is 3.19. The molecule has 0 aromatic heterocycles. The maximum absolute atomic E-state index is 13.5. The zero-order valence-corrected chi connectivity index (χ0v) is 9.45. The molecule has 0 saturated carbocycles. The molecule has 1 fully saturated rings. The molecule has 3 heteroatoms. The van der Waals surface area contributed by atoms with E-state index in [-0.39, 0.29) is 17.5 Å². The van der Waals surface area contributed by atoms with Crippen molar-refractivity contribution in [2.75, 3.05) is 6.54 Å². The molecule has 2 nitrogen and oxygen atoms in total. The molecule has 2 rings (SSSR count). The standard InChI is InChI=1S/C13H16FNO/c1-10-6-4-5-9-15(10)13(16)11-7-2-3-8-12(11)14/h2-3,7-8,10H,4-6,9H2,1H3/t10-/m1/s1. The van der Waals surface area contributed by atoms with Gasteiger partial charge in [0.05, 0.1) is 5.56 Å². The number of amides is 1. The molecular formula is C13H16FNO. The number of rotatable bonds is 1. The van der Waals surface area contributed by atoms with Crippen LogP contribution in [0.15, 0.2) is 24.3 Å². The molecule has 1 aromatic carbocycles. The minimum atomic E-state index is -0.426. The van der Waals surface area contributed by atoms with E-state index in [1.807, 2.05) is 6.92 Å². The van der Waals surface area contributed by atoms with Gasteiger partial charge in [0.2, 0.25) is 0 Å². The van der Waals surface area contributed by atoms with E-state index in [9.17, 15) is 9.18 Å². The largest absolute Gasteiger partial charge is 0.336 e. The van der Waals surface area contributed by atoms with E-state index in [1.54, 1.807) is 23.1 Å². The second kappa shape index (κ2) is 4.64. The summed E-state index contributed by atoms with van der Waals surface area (Å²) in [7, 11) is 0. The number of hydrogen-bond donors (Lipinski definition) is 0. The third kappa shape index (κ3) is 2.08. The second-order valence-corrected chi connectivity index (χ2v) is 4.32. The first-order valence-electron chi connectivity index (χ1n) is 5.75. The molecule has 0 unspecified atom stereocenters. The number of nitrogens with zero attached hydrogens (tertiary/aromatic N) is 1. The molecule has 1 aromatic rings. The summed E-state index contributed by atoms with van der Waals surface area (Å²) in [4.78, 5) is 13.9. The highest BCUT2D eigenvalue weighted by Gasteiger charge is 2.25. The molecule has 1 saturated heterocycles. The first kappa shape index (κ1) is 11.1. The van der Waals surface area contributed by atoms with Crippen molar-refractivity contribution in [2.24, 2.45) is 0 Å². The van der Waals surface area contributed by atoms with Crippen molar-refractivity contribution in [1.82, 2.24) is 4.90 Å². The fourth-order valence-corrected chi connectivity index (χ4v) is 2.19. The van der Waals surface area contributed by atoms with Crippen LogP contribution in [0.2, 0.25) is 0 Å². The number of carbonyl (C=O) groups is 1. The molecule has 16 heavy (non-hydrogen) atoms. The fourth-order valence-electron chi connectivity index (χ4n) is 2.19. The van der Waals surface area contributed by atoms with E-state index in [4.69, 9.17) is 0 Å². The highest BCUT2D eigenvalue weighted by molar-refractivity contribution is 5.94. The van der Waals surface area contributed by atoms with Gasteiger partial charge in [-0.05, 0) is 38.3 Å². The Morgan fingerprint density at radius 1 is 1.38 bits per heavy atom. The first-order valence-corrected chi connectivity index (χ1v) is 5.75. The molecule has 0 spiro atoms. The predicted molar refractivity (Wildman–Crippen MR) is 60.7 cm³/mol. The van der Waals surface area contributed by atoms with Crippen LogP contribution in [-0.4, -0.2) is 23.4 Å². The molecule has 1 aliphatic rings. The van der Waals surface area contributed by atoms with Gasteiger partial charge in [0.1, 0.15) is 5.82 Å². The number of piperidine rings is 1. The molecule has 0 aliphatic carbocycles. The fraction of sp³-hybridized carbons (Fsp3) is 0.462. The first-order chi connectivity index (χ1) is 7.70. The van der Waals surface area contributed by atoms with Gasteiger partial charge in [-0.1, -0.05) is 12.1 Å². The van der Waals surface area contributed by atoms with Crippen molar-refractivity contribution >= 4 is 5.91 Å². The van der Waals surface area contributed by atoms with E-state index in [0.717, 1.165) is 25.8 Å². The van der Waals surface area contributed by atoms with Crippen molar-refractivity contribution in [3.05, 3.63) is 35.6 Å². The topological polar surface area (TPSA) is 20.3 Å². The Hall–Kier alpha value is -1.38. The molecular weight excluding hydrogens is 205 g/mol. The van der Waals surface area contributed by atoms with Gasteiger partial charge in [-0.3, -0.25) is 4.79 Å². The average Bonchev–Trinajstić information content (AvgIpc) is 2.29. The van der Waals surface area contributed by atoms with Gasteiger partial charge < -0.3 is 4.90 Å². The molecule has 0 radical (unpaired) electrons. The van der Waals surface area contributed by atoms with Crippen LogP contribution in [0.1, 0.15) is 36.5 Å². The van der Waals surface area contributed by atoms with Gasteiger partial charge in [-0.2, -0.15) is 0 Å². The lowest BCUT2D eigenvalue weighted by Gasteiger charge is -2.33. The summed E-state index contributed by atoms with van der Waals surface area (Å²) < 4.78 is 13.5. The quantitative estimate of drug-likeness (QED) is 0.714. The third-order valence-corrected chi connectivity index (χ3v) is 3.17. The number of halogens is 1. The Balaban J connectivity index is 2.21. The van der Waals surface area contributed by atoms with E-state index in [1.165, 1.54) is 6.07 Å². The normalized spacial score (nSPS) is 20.9. The SMILES string of the molecule is C[C@@H]1CCCCN1C(=O)c1ccccc1F. The lowest BCUT2D eigenvalue weighted by molar-refractivity contribution is 0.0631. The van der Waals surface area contributed by atoms with Crippen molar-refractivity contribution in [1.29, 1.82) is 0 Å².